The maximum atomic E-state index is 10.8. The van der Waals surface area contributed by atoms with Gasteiger partial charge in [0.25, 0.3) is 8.18 Å². The molecule has 0 aliphatic heterocycles. The summed E-state index contributed by atoms with van der Waals surface area (Å²) in [4.78, 5) is 29.9. The number of rotatable bonds is 7. The normalized spacial score (nSPS) is 14.9. The van der Waals surface area contributed by atoms with Crippen molar-refractivity contribution in [1.29, 1.82) is 0 Å². The van der Waals surface area contributed by atoms with Crippen LogP contribution >= 0.6 is 8.18 Å². The van der Waals surface area contributed by atoms with Crippen LogP contribution in [0.5, 0.6) is 0 Å². The van der Waals surface area contributed by atoms with E-state index in [0.29, 0.717) is 0 Å². The van der Waals surface area contributed by atoms with Gasteiger partial charge in [0.2, 0.25) is 0 Å². The zero-order valence-electron chi connectivity index (χ0n) is 8.21. The minimum absolute atomic E-state index is 0.0882. The fourth-order valence-electron chi connectivity index (χ4n) is 1.16. The Bertz CT molecular complexity index is 268. The predicted octanol–water partition coefficient (Wildman–Crippen LogP) is 0.00830. The van der Waals surface area contributed by atoms with Gasteiger partial charge in [0.05, 0.1) is 0 Å². The molecule has 0 heterocycles. The van der Waals surface area contributed by atoms with Gasteiger partial charge in [-0.1, -0.05) is 6.92 Å². The van der Waals surface area contributed by atoms with Crippen LogP contribution in [0.3, 0.4) is 0 Å². The number of hydrogen-bond acceptors (Lipinski definition) is 3. The lowest BCUT2D eigenvalue weighted by atomic mass is 10.1. The molecule has 15 heavy (non-hydrogen) atoms. The first-order valence-corrected chi connectivity index (χ1v) is 5.64. The van der Waals surface area contributed by atoms with E-state index in [1.54, 1.807) is 0 Å². The molecule has 0 radical (unpaired) electrons. The quantitative estimate of drug-likeness (QED) is 0.536. The molecule has 0 spiro atoms. The van der Waals surface area contributed by atoms with Gasteiger partial charge in [-0.2, -0.15) is 0 Å². The summed E-state index contributed by atoms with van der Waals surface area (Å²) in [6.45, 7) is 1.63. The molecule has 0 aromatic carbocycles. The van der Waals surface area contributed by atoms with Crippen molar-refractivity contribution in [3.8, 4) is 0 Å². The molecule has 0 saturated heterocycles. The van der Waals surface area contributed by atoms with E-state index in [4.69, 9.17) is 15.1 Å². The number of likely N-dealkylation sites (N-methyl/N-ethyl adjacent to an activating group) is 1. The number of hydrogen-bond donors (Lipinski definition) is 3. The molecule has 0 fully saturated rings. The van der Waals surface area contributed by atoms with E-state index in [0.717, 1.165) is 4.67 Å². The van der Waals surface area contributed by atoms with Crippen molar-refractivity contribution in [2.24, 2.45) is 0 Å². The van der Waals surface area contributed by atoms with Crippen LogP contribution in [-0.4, -0.2) is 44.3 Å². The standard InChI is InChI=1S/C7H14NO6P/c1-2-8(15(13)14)5(7(11)12)3-4-6(9)10/h5,15H,2-4H2,1H3,(H,9,10)(H,11,12)(H,13,14)/t5-/m0/s1. The Balaban J connectivity index is 4.55. The van der Waals surface area contributed by atoms with Crippen LogP contribution in [0.25, 0.3) is 0 Å². The number of carboxylic acid groups (broad SMARTS) is 2. The van der Waals surface area contributed by atoms with Crippen LogP contribution < -0.4 is 0 Å². The third-order valence-corrected chi connectivity index (χ3v) is 3.00. The molecule has 8 heteroatoms. The first kappa shape index (κ1) is 14.1. The second-order valence-corrected chi connectivity index (χ2v) is 3.99. The Morgan fingerprint density at radius 1 is 1.40 bits per heavy atom. The zero-order valence-corrected chi connectivity index (χ0v) is 9.21. The molecule has 1 unspecified atom stereocenters. The Hall–Kier alpha value is -0.910. The molecule has 0 aliphatic rings. The average Bonchev–Trinajstić information content (AvgIpc) is 2.10. The monoisotopic (exact) mass is 239 g/mol. The van der Waals surface area contributed by atoms with Crippen molar-refractivity contribution in [2.75, 3.05) is 6.54 Å². The summed E-state index contributed by atoms with van der Waals surface area (Å²) in [6, 6.07) is -1.22. The van der Waals surface area contributed by atoms with Crippen LogP contribution in [0.4, 0.5) is 0 Å². The molecule has 2 atom stereocenters. The Morgan fingerprint density at radius 2 is 1.93 bits per heavy atom. The smallest absolute Gasteiger partial charge is 0.321 e. The average molecular weight is 239 g/mol. The van der Waals surface area contributed by atoms with Crippen molar-refractivity contribution >= 4 is 20.1 Å². The molecule has 0 saturated carbocycles. The number of nitrogens with zero attached hydrogens (tertiary/aromatic N) is 1. The fraction of sp³-hybridized carbons (Fsp3) is 0.714. The van der Waals surface area contributed by atoms with E-state index < -0.39 is 26.2 Å². The summed E-state index contributed by atoms with van der Waals surface area (Å²) < 4.78 is 11.7. The molecular formula is C7H14NO6P. The predicted molar refractivity (Wildman–Crippen MR) is 51.9 cm³/mol. The molecule has 0 amide bonds. The lowest BCUT2D eigenvalue weighted by molar-refractivity contribution is -0.142. The molecule has 0 aromatic heterocycles. The highest BCUT2D eigenvalue weighted by molar-refractivity contribution is 7.35. The van der Waals surface area contributed by atoms with Gasteiger partial charge in [0.1, 0.15) is 6.04 Å². The highest BCUT2D eigenvalue weighted by Gasteiger charge is 2.27. The van der Waals surface area contributed by atoms with Gasteiger partial charge < -0.3 is 15.1 Å². The van der Waals surface area contributed by atoms with Crippen molar-refractivity contribution < 1.29 is 29.3 Å². The second kappa shape index (κ2) is 6.55. The minimum atomic E-state index is -3.10. The second-order valence-electron chi connectivity index (χ2n) is 2.86. The molecule has 3 N–H and O–H groups in total. The Labute approximate surface area is 87.2 Å². The first-order chi connectivity index (χ1) is 6.90. The largest absolute Gasteiger partial charge is 0.481 e. The van der Waals surface area contributed by atoms with E-state index in [2.05, 4.69) is 0 Å². The Kier molecular flexibility index (Phi) is 6.15. The van der Waals surface area contributed by atoms with Gasteiger partial charge in [-0.3, -0.25) is 14.2 Å². The van der Waals surface area contributed by atoms with Gasteiger partial charge >= 0.3 is 11.9 Å². The SMILES string of the molecule is CCN([C@@H](CCC(=O)O)C(=O)O)[PH](=O)O. The van der Waals surface area contributed by atoms with Crippen LogP contribution in [0.1, 0.15) is 19.8 Å². The first-order valence-electron chi connectivity index (χ1n) is 4.34. The van der Waals surface area contributed by atoms with E-state index >= 15 is 0 Å². The van der Waals surface area contributed by atoms with Gasteiger partial charge in [0, 0.05) is 13.0 Å². The van der Waals surface area contributed by atoms with Crippen LogP contribution in [0, 0.1) is 0 Å². The Morgan fingerprint density at radius 3 is 2.20 bits per heavy atom. The van der Waals surface area contributed by atoms with E-state index in [9.17, 15) is 14.2 Å². The molecule has 0 aliphatic carbocycles. The van der Waals surface area contributed by atoms with E-state index in [1.165, 1.54) is 6.92 Å². The summed E-state index contributed by atoms with van der Waals surface area (Å²) >= 11 is 0. The maximum Gasteiger partial charge on any atom is 0.321 e. The summed E-state index contributed by atoms with van der Waals surface area (Å²) in [5.74, 6) is -2.42. The topological polar surface area (TPSA) is 115 Å². The van der Waals surface area contributed by atoms with Gasteiger partial charge in [0.15, 0.2) is 0 Å². The fourth-order valence-corrected chi connectivity index (χ4v) is 1.94. The number of carboxylic acids is 2. The molecule has 0 rings (SSSR count). The molecular weight excluding hydrogens is 225 g/mol. The van der Waals surface area contributed by atoms with Crippen molar-refractivity contribution in [2.45, 2.75) is 25.8 Å². The highest BCUT2D eigenvalue weighted by Crippen LogP contribution is 2.26. The third kappa shape index (κ3) is 4.92. The molecule has 88 valence electrons. The van der Waals surface area contributed by atoms with Crippen molar-refractivity contribution in [1.82, 2.24) is 4.67 Å². The van der Waals surface area contributed by atoms with Crippen LogP contribution in [0.2, 0.25) is 0 Å². The lowest BCUT2D eigenvalue weighted by Crippen LogP contribution is -2.36. The minimum Gasteiger partial charge on any atom is -0.481 e. The van der Waals surface area contributed by atoms with Crippen molar-refractivity contribution in [3.05, 3.63) is 0 Å². The number of carbonyl (C=O) groups is 2. The van der Waals surface area contributed by atoms with Crippen molar-refractivity contribution in [3.63, 3.8) is 0 Å². The van der Waals surface area contributed by atoms with Crippen LogP contribution in [0.15, 0.2) is 0 Å². The van der Waals surface area contributed by atoms with Gasteiger partial charge in [-0.05, 0) is 6.42 Å². The molecule has 0 bridgehead atoms. The summed E-state index contributed by atoms with van der Waals surface area (Å²) in [6.07, 6.45) is -0.530. The molecule has 7 nitrogen and oxygen atoms in total. The highest BCUT2D eigenvalue weighted by atomic mass is 31.1. The van der Waals surface area contributed by atoms with E-state index in [-0.39, 0.29) is 19.4 Å². The van der Waals surface area contributed by atoms with E-state index in [1.807, 2.05) is 0 Å². The number of aliphatic carboxylic acids is 2. The molecule has 0 aromatic rings. The summed E-state index contributed by atoms with van der Waals surface area (Å²) in [5, 5.41) is 17.2. The third-order valence-electron chi connectivity index (χ3n) is 1.88. The van der Waals surface area contributed by atoms with Gasteiger partial charge in [-0.25, -0.2) is 4.67 Å². The lowest BCUT2D eigenvalue weighted by Gasteiger charge is -2.23. The zero-order chi connectivity index (χ0) is 12.0. The summed E-state index contributed by atoms with van der Waals surface area (Å²) in [7, 11) is -3.10. The maximum absolute atomic E-state index is 10.8. The summed E-state index contributed by atoms with van der Waals surface area (Å²) in [5.41, 5.74) is 0. The van der Waals surface area contributed by atoms with Crippen LogP contribution in [-0.2, 0) is 14.2 Å². The van der Waals surface area contributed by atoms with Gasteiger partial charge in [-0.15, -0.1) is 0 Å².